The highest BCUT2D eigenvalue weighted by Gasteiger charge is 2.33. The molecule has 138 valence electrons. The number of hydrogen-bond acceptors (Lipinski definition) is 7. The monoisotopic (exact) mass is 351 g/mol. The van der Waals surface area contributed by atoms with Crippen LogP contribution in [0.3, 0.4) is 0 Å². The highest BCUT2D eigenvalue weighted by Crippen LogP contribution is 2.22. The Labute approximate surface area is 147 Å². The number of allylic oxidation sites excluding steroid dienone is 1. The Morgan fingerprint density at radius 2 is 2.04 bits per heavy atom. The normalized spacial score (nSPS) is 33.9. The first-order valence-electron chi connectivity index (χ1n) is 8.46. The minimum absolute atomic E-state index is 0.162. The number of esters is 2. The zero-order chi connectivity index (χ0) is 18.6. The van der Waals surface area contributed by atoms with Crippen molar-refractivity contribution in [2.75, 3.05) is 26.7 Å². The Kier molecular flexibility index (Phi) is 6.50. The fraction of sp³-hybridized carbons (Fsp3) is 0.611. The second-order valence-corrected chi connectivity index (χ2v) is 6.59. The van der Waals surface area contributed by atoms with E-state index >= 15 is 0 Å². The van der Waals surface area contributed by atoms with E-state index in [9.17, 15) is 19.5 Å². The molecule has 2 unspecified atom stereocenters. The number of nitrogens with zero attached hydrogens (tertiary/aromatic N) is 1. The summed E-state index contributed by atoms with van der Waals surface area (Å²) in [6.45, 7) is 4.23. The number of carbonyl (C=O) groups is 3. The molecule has 1 N–H and O–H groups in total. The van der Waals surface area contributed by atoms with Gasteiger partial charge < -0.3 is 19.5 Å². The molecule has 0 aromatic carbocycles. The summed E-state index contributed by atoms with van der Waals surface area (Å²) in [5.41, 5.74) is 0.605. The molecule has 2 bridgehead atoms. The number of carbonyl (C=O) groups excluding carboxylic acids is 3. The third-order valence-electron chi connectivity index (χ3n) is 4.58. The van der Waals surface area contributed by atoms with Crippen molar-refractivity contribution in [1.29, 1.82) is 0 Å². The van der Waals surface area contributed by atoms with Gasteiger partial charge >= 0.3 is 11.9 Å². The standard InChI is InChI=1S/C18H25NO6/c1-4-12-9-11(2)15(20)18(23)24-10-13-5-7-19(3)8-6-14(16(13)21)25-17(12)22/h4-5,11,14-15,20H,6-10H2,1-3H3/b12-4-,13-5-/t11?,14-,15?/m1/s1. The number of cyclic esters (lactones) is 1. The Balaban J connectivity index is 2.36. The number of fused-ring (bicyclic) bond motifs is 2. The molecule has 0 spiro atoms. The third kappa shape index (κ3) is 4.76. The van der Waals surface area contributed by atoms with Gasteiger partial charge in [0.15, 0.2) is 12.2 Å². The molecule has 0 saturated carbocycles. The summed E-state index contributed by atoms with van der Waals surface area (Å²) in [6.07, 6.45) is 1.52. The first-order chi connectivity index (χ1) is 11.8. The van der Waals surface area contributed by atoms with Crippen molar-refractivity contribution in [3.05, 3.63) is 23.3 Å². The van der Waals surface area contributed by atoms with Gasteiger partial charge in [0.05, 0.1) is 0 Å². The number of ketones is 1. The van der Waals surface area contributed by atoms with Crippen molar-refractivity contribution in [3.63, 3.8) is 0 Å². The SMILES string of the molecule is C/C=C1/CC(C)C(O)C(=O)OC/C2=C/CN(C)CC[C@@H](OC1=O)C2=O. The van der Waals surface area contributed by atoms with E-state index in [0.717, 1.165) is 0 Å². The molecule has 3 atom stereocenters. The van der Waals surface area contributed by atoms with Gasteiger partial charge in [-0.1, -0.05) is 19.1 Å². The number of hydrogen-bond donors (Lipinski definition) is 1. The summed E-state index contributed by atoms with van der Waals surface area (Å²) in [5.74, 6) is -2.24. The molecule has 25 heavy (non-hydrogen) atoms. The predicted molar refractivity (Wildman–Crippen MR) is 89.6 cm³/mol. The number of aliphatic hydroxyl groups excluding tert-OH is 1. The van der Waals surface area contributed by atoms with E-state index < -0.39 is 30.1 Å². The van der Waals surface area contributed by atoms with Crippen molar-refractivity contribution < 1.29 is 29.0 Å². The average Bonchev–Trinajstić information content (AvgIpc) is 2.59. The van der Waals surface area contributed by atoms with Gasteiger partial charge in [0.2, 0.25) is 5.78 Å². The van der Waals surface area contributed by atoms with E-state index in [0.29, 0.717) is 25.1 Å². The molecule has 1 saturated heterocycles. The van der Waals surface area contributed by atoms with Gasteiger partial charge in [-0.15, -0.1) is 0 Å². The second kappa shape index (κ2) is 8.40. The van der Waals surface area contributed by atoms with Crippen LogP contribution in [-0.2, 0) is 23.9 Å². The Bertz CT molecular complexity index is 609. The predicted octanol–water partition coefficient (Wildman–Crippen LogP) is 0.619. The van der Waals surface area contributed by atoms with Gasteiger partial charge in [-0.05, 0) is 26.3 Å². The molecule has 2 heterocycles. The molecule has 7 nitrogen and oxygen atoms in total. The van der Waals surface area contributed by atoms with Crippen LogP contribution in [0.4, 0.5) is 0 Å². The van der Waals surface area contributed by atoms with Gasteiger partial charge in [0.25, 0.3) is 0 Å². The van der Waals surface area contributed by atoms with Crippen molar-refractivity contribution in [3.8, 4) is 0 Å². The van der Waals surface area contributed by atoms with Crippen molar-refractivity contribution in [2.45, 2.75) is 38.9 Å². The van der Waals surface area contributed by atoms with E-state index in [-0.39, 0.29) is 24.4 Å². The smallest absolute Gasteiger partial charge is 0.335 e. The number of ether oxygens (including phenoxy) is 2. The van der Waals surface area contributed by atoms with Crippen molar-refractivity contribution >= 4 is 17.7 Å². The summed E-state index contributed by atoms with van der Waals surface area (Å²) in [5, 5.41) is 10.1. The van der Waals surface area contributed by atoms with Crippen LogP contribution in [0.5, 0.6) is 0 Å². The molecular weight excluding hydrogens is 326 g/mol. The molecule has 0 amide bonds. The van der Waals surface area contributed by atoms with E-state index in [2.05, 4.69) is 0 Å². The fourth-order valence-electron chi connectivity index (χ4n) is 2.82. The zero-order valence-electron chi connectivity index (χ0n) is 14.9. The molecule has 1 fully saturated rings. The van der Waals surface area contributed by atoms with Crippen LogP contribution in [-0.4, -0.2) is 66.7 Å². The van der Waals surface area contributed by atoms with Gasteiger partial charge in [-0.2, -0.15) is 0 Å². The maximum atomic E-state index is 12.7. The lowest BCUT2D eigenvalue weighted by atomic mass is 9.95. The highest BCUT2D eigenvalue weighted by molar-refractivity contribution is 6.01. The molecule has 2 aliphatic rings. The lowest BCUT2D eigenvalue weighted by Crippen LogP contribution is -2.39. The molecule has 0 aromatic rings. The molecule has 2 aliphatic heterocycles. The quantitative estimate of drug-likeness (QED) is 0.505. The van der Waals surface area contributed by atoms with Crippen LogP contribution in [0.2, 0.25) is 0 Å². The van der Waals surface area contributed by atoms with E-state index in [4.69, 9.17) is 9.47 Å². The fourth-order valence-corrected chi connectivity index (χ4v) is 2.82. The third-order valence-corrected chi connectivity index (χ3v) is 4.58. The number of likely N-dealkylation sites (N-methyl/N-ethyl adjacent to an activating group) is 1. The van der Waals surface area contributed by atoms with Crippen LogP contribution in [0.15, 0.2) is 23.3 Å². The molecular formula is C18H25NO6. The summed E-state index contributed by atoms with van der Waals surface area (Å²) in [6, 6.07) is 0. The topological polar surface area (TPSA) is 93.1 Å². The Hall–Kier alpha value is -1.99. The molecule has 7 heteroatoms. The van der Waals surface area contributed by atoms with Crippen LogP contribution < -0.4 is 0 Å². The highest BCUT2D eigenvalue weighted by atomic mass is 16.6. The van der Waals surface area contributed by atoms with Crippen molar-refractivity contribution in [1.82, 2.24) is 4.90 Å². The Morgan fingerprint density at radius 3 is 2.72 bits per heavy atom. The lowest BCUT2D eigenvalue weighted by Gasteiger charge is -2.27. The van der Waals surface area contributed by atoms with Gasteiger partial charge in [-0.25, -0.2) is 9.59 Å². The molecule has 0 radical (unpaired) electrons. The summed E-state index contributed by atoms with van der Waals surface area (Å²) in [4.78, 5) is 39.2. The summed E-state index contributed by atoms with van der Waals surface area (Å²) >= 11 is 0. The molecule has 0 aromatic heterocycles. The first-order valence-corrected chi connectivity index (χ1v) is 8.46. The van der Waals surface area contributed by atoms with Crippen LogP contribution >= 0.6 is 0 Å². The van der Waals surface area contributed by atoms with Crippen LogP contribution in [0.25, 0.3) is 0 Å². The number of aliphatic hydroxyl groups is 1. The maximum absolute atomic E-state index is 12.7. The largest absolute Gasteiger partial charge is 0.459 e. The molecule has 2 rings (SSSR count). The van der Waals surface area contributed by atoms with Crippen LogP contribution in [0.1, 0.15) is 26.7 Å². The Morgan fingerprint density at radius 1 is 1.32 bits per heavy atom. The summed E-state index contributed by atoms with van der Waals surface area (Å²) in [7, 11) is 1.89. The van der Waals surface area contributed by atoms with Crippen molar-refractivity contribution in [2.24, 2.45) is 5.92 Å². The maximum Gasteiger partial charge on any atom is 0.335 e. The van der Waals surface area contributed by atoms with E-state index in [1.165, 1.54) is 0 Å². The summed E-state index contributed by atoms with van der Waals surface area (Å²) < 4.78 is 10.6. The van der Waals surface area contributed by atoms with Gasteiger partial charge in [0, 0.05) is 30.7 Å². The lowest BCUT2D eigenvalue weighted by molar-refractivity contribution is -0.158. The minimum Gasteiger partial charge on any atom is -0.459 e. The molecule has 0 aliphatic carbocycles. The number of Topliss-reactive ketones (excluding diaryl/α,β-unsaturated/α-hetero) is 1. The second-order valence-electron chi connectivity index (χ2n) is 6.59. The average molecular weight is 351 g/mol. The van der Waals surface area contributed by atoms with E-state index in [1.807, 2.05) is 11.9 Å². The first kappa shape index (κ1) is 19.3. The zero-order valence-corrected chi connectivity index (χ0v) is 14.9. The van der Waals surface area contributed by atoms with Gasteiger partial charge in [0.1, 0.15) is 6.61 Å². The van der Waals surface area contributed by atoms with Crippen LogP contribution in [0, 0.1) is 5.92 Å². The van der Waals surface area contributed by atoms with Gasteiger partial charge in [-0.3, -0.25) is 4.79 Å². The number of rotatable bonds is 0. The minimum atomic E-state index is -1.37. The van der Waals surface area contributed by atoms with E-state index in [1.54, 1.807) is 26.0 Å².